The quantitative estimate of drug-likeness (QED) is 0.812. The molecule has 3 N–H and O–H groups in total. The number of benzene rings is 1. The predicted octanol–water partition coefficient (Wildman–Crippen LogP) is 1.87. The van der Waals surface area contributed by atoms with Crippen LogP contribution in [-0.2, 0) is 0 Å². The molecule has 0 aliphatic carbocycles. The first kappa shape index (κ1) is 11.1. The van der Waals surface area contributed by atoms with Gasteiger partial charge in [-0.3, -0.25) is 0 Å². The molecule has 5 heteroatoms. The van der Waals surface area contributed by atoms with Gasteiger partial charge in [-0.05, 0) is 19.9 Å². The van der Waals surface area contributed by atoms with E-state index in [2.05, 4.69) is 5.32 Å². The second-order valence-corrected chi connectivity index (χ2v) is 3.93. The van der Waals surface area contributed by atoms with Crippen LogP contribution in [0.2, 0.25) is 0 Å². The monoisotopic (exact) mass is 228 g/mol. The summed E-state index contributed by atoms with van der Waals surface area (Å²) >= 11 is 0. The number of nitrogens with one attached hydrogen (secondary N) is 1. The molecule has 2 atom stereocenters. The molecule has 2 unspecified atom stereocenters. The lowest BCUT2D eigenvalue weighted by Crippen LogP contribution is -2.40. The van der Waals surface area contributed by atoms with Gasteiger partial charge in [-0.2, -0.15) is 0 Å². The number of halogens is 2. The van der Waals surface area contributed by atoms with Crippen molar-refractivity contribution in [1.82, 2.24) is 0 Å². The lowest BCUT2D eigenvalue weighted by Gasteiger charge is -2.33. The molecule has 0 fully saturated rings. The molecule has 0 amide bonds. The Hall–Kier alpha value is -1.36. The molecule has 1 aliphatic heterocycles. The highest BCUT2D eigenvalue weighted by Gasteiger charge is 2.28. The van der Waals surface area contributed by atoms with E-state index in [0.717, 1.165) is 6.07 Å². The Morgan fingerprint density at radius 2 is 2.19 bits per heavy atom. The summed E-state index contributed by atoms with van der Waals surface area (Å²) in [6.07, 6.45) is 0.491. The zero-order valence-electron chi connectivity index (χ0n) is 8.97. The first-order chi connectivity index (χ1) is 7.61. The summed E-state index contributed by atoms with van der Waals surface area (Å²) in [7, 11) is 0. The van der Waals surface area contributed by atoms with E-state index in [1.165, 1.54) is 6.07 Å². The minimum atomic E-state index is -0.640. The van der Waals surface area contributed by atoms with Gasteiger partial charge in [0.05, 0.1) is 6.04 Å². The van der Waals surface area contributed by atoms with Crippen LogP contribution in [-0.4, -0.2) is 18.7 Å². The molecule has 1 aromatic rings. The fraction of sp³-hybridized carbons (Fsp3) is 0.455. The van der Waals surface area contributed by atoms with Gasteiger partial charge in [0.1, 0.15) is 23.4 Å². The summed E-state index contributed by atoms with van der Waals surface area (Å²) in [5.74, 6) is -1.05. The third-order valence-corrected chi connectivity index (χ3v) is 2.68. The Bertz CT molecular complexity index is 398. The van der Waals surface area contributed by atoms with E-state index in [0.29, 0.717) is 13.0 Å². The van der Waals surface area contributed by atoms with E-state index in [1.807, 2.05) is 6.92 Å². The summed E-state index contributed by atoms with van der Waals surface area (Å²) < 4.78 is 31.9. The summed E-state index contributed by atoms with van der Waals surface area (Å²) in [5, 5.41) is 2.97. The standard InChI is InChI=1S/C11H14F2N2O/c1-6-9(2-3-14)16-10-5-7(12)4-8(13)11(10)15-6/h4-6,9,15H,2-3,14H2,1H3. The Kier molecular flexibility index (Phi) is 2.96. The Morgan fingerprint density at radius 3 is 2.88 bits per heavy atom. The maximum absolute atomic E-state index is 13.4. The van der Waals surface area contributed by atoms with Gasteiger partial charge in [0.15, 0.2) is 5.82 Å². The van der Waals surface area contributed by atoms with Gasteiger partial charge >= 0.3 is 0 Å². The number of nitrogens with two attached hydrogens (primary N) is 1. The first-order valence-electron chi connectivity index (χ1n) is 5.24. The second-order valence-electron chi connectivity index (χ2n) is 3.93. The number of rotatable bonds is 2. The number of hydrogen-bond acceptors (Lipinski definition) is 3. The fourth-order valence-corrected chi connectivity index (χ4v) is 1.84. The molecule has 0 aromatic heterocycles. The molecule has 0 spiro atoms. The first-order valence-corrected chi connectivity index (χ1v) is 5.24. The van der Waals surface area contributed by atoms with E-state index < -0.39 is 11.6 Å². The number of fused-ring (bicyclic) bond motifs is 1. The van der Waals surface area contributed by atoms with E-state index in [1.54, 1.807) is 0 Å². The summed E-state index contributed by atoms with van der Waals surface area (Å²) in [6, 6.07) is 1.97. The number of hydrogen-bond donors (Lipinski definition) is 2. The molecule has 0 saturated heterocycles. The molecule has 1 aliphatic rings. The summed E-state index contributed by atoms with van der Waals surface area (Å²) in [5.41, 5.74) is 5.67. The molecule has 0 radical (unpaired) electrons. The third kappa shape index (κ3) is 1.95. The molecular formula is C11H14F2N2O. The highest BCUT2D eigenvalue weighted by molar-refractivity contribution is 5.60. The SMILES string of the molecule is CC1Nc2c(F)cc(F)cc2OC1CCN. The van der Waals surface area contributed by atoms with Gasteiger partial charge in [0, 0.05) is 12.1 Å². The van der Waals surface area contributed by atoms with Crippen molar-refractivity contribution < 1.29 is 13.5 Å². The van der Waals surface area contributed by atoms with Crippen LogP contribution in [0, 0.1) is 11.6 Å². The Morgan fingerprint density at radius 1 is 1.44 bits per heavy atom. The molecule has 16 heavy (non-hydrogen) atoms. The third-order valence-electron chi connectivity index (χ3n) is 2.68. The lowest BCUT2D eigenvalue weighted by molar-refractivity contribution is 0.165. The van der Waals surface area contributed by atoms with Crippen molar-refractivity contribution in [2.45, 2.75) is 25.5 Å². The van der Waals surface area contributed by atoms with Gasteiger partial charge < -0.3 is 15.8 Å². The van der Waals surface area contributed by atoms with Gasteiger partial charge in [0.25, 0.3) is 0 Å². The van der Waals surface area contributed by atoms with Crippen LogP contribution in [0.25, 0.3) is 0 Å². The largest absolute Gasteiger partial charge is 0.486 e. The topological polar surface area (TPSA) is 47.3 Å². The van der Waals surface area contributed by atoms with E-state index in [4.69, 9.17) is 10.5 Å². The minimum absolute atomic E-state index is 0.0454. The minimum Gasteiger partial charge on any atom is -0.486 e. The molecular weight excluding hydrogens is 214 g/mol. The van der Waals surface area contributed by atoms with Crippen molar-refractivity contribution >= 4 is 5.69 Å². The number of ether oxygens (including phenoxy) is 1. The van der Waals surface area contributed by atoms with Crippen LogP contribution in [0.15, 0.2) is 12.1 Å². The second kappa shape index (κ2) is 4.25. The molecule has 3 nitrogen and oxygen atoms in total. The van der Waals surface area contributed by atoms with Crippen LogP contribution >= 0.6 is 0 Å². The van der Waals surface area contributed by atoms with Crippen molar-refractivity contribution in [3.8, 4) is 5.75 Å². The maximum atomic E-state index is 13.4. The molecule has 0 saturated carbocycles. The lowest BCUT2D eigenvalue weighted by atomic mass is 10.1. The highest BCUT2D eigenvalue weighted by atomic mass is 19.1. The Balaban J connectivity index is 2.31. The molecule has 2 rings (SSSR count). The van der Waals surface area contributed by atoms with Crippen molar-refractivity contribution in [1.29, 1.82) is 0 Å². The maximum Gasteiger partial charge on any atom is 0.153 e. The van der Waals surface area contributed by atoms with E-state index in [9.17, 15) is 8.78 Å². The van der Waals surface area contributed by atoms with Crippen LogP contribution in [0.1, 0.15) is 13.3 Å². The fourth-order valence-electron chi connectivity index (χ4n) is 1.84. The highest BCUT2D eigenvalue weighted by Crippen LogP contribution is 2.35. The van der Waals surface area contributed by atoms with Gasteiger partial charge in [-0.25, -0.2) is 8.78 Å². The average molecular weight is 228 g/mol. The smallest absolute Gasteiger partial charge is 0.153 e. The average Bonchev–Trinajstić information content (AvgIpc) is 2.21. The number of anilines is 1. The van der Waals surface area contributed by atoms with E-state index in [-0.39, 0.29) is 23.6 Å². The molecule has 0 bridgehead atoms. The van der Waals surface area contributed by atoms with Crippen molar-refractivity contribution in [3.63, 3.8) is 0 Å². The normalized spacial score (nSPS) is 23.2. The molecule has 1 aromatic carbocycles. The van der Waals surface area contributed by atoms with Gasteiger partial charge in [-0.1, -0.05) is 0 Å². The van der Waals surface area contributed by atoms with Gasteiger partial charge in [0.2, 0.25) is 0 Å². The van der Waals surface area contributed by atoms with Gasteiger partial charge in [-0.15, -0.1) is 0 Å². The molecule has 88 valence electrons. The van der Waals surface area contributed by atoms with Crippen molar-refractivity contribution in [3.05, 3.63) is 23.8 Å². The predicted molar refractivity (Wildman–Crippen MR) is 57.5 cm³/mol. The Labute approximate surface area is 92.6 Å². The van der Waals surface area contributed by atoms with Crippen LogP contribution in [0.4, 0.5) is 14.5 Å². The van der Waals surface area contributed by atoms with Crippen LogP contribution < -0.4 is 15.8 Å². The zero-order valence-corrected chi connectivity index (χ0v) is 8.97. The van der Waals surface area contributed by atoms with Crippen LogP contribution in [0.5, 0.6) is 5.75 Å². The zero-order chi connectivity index (χ0) is 11.7. The van der Waals surface area contributed by atoms with Crippen molar-refractivity contribution in [2.75, 3.05) is 11.9 Å². The van der Waals surface area contributed by atoms with Crippen LogP contribution in [0.3, 0.4) is 0 Å². The molecule has 1 heterocycles. The van der Waals surface area contributed by atoms with Crippen molar-refractivity contribution in [2.24, 2.45) is 5.73 Å². The summed E-state index contributed by atoms with van der Waals surface area (Å²) in [6.45, 7) is 2.36. The summed E-state index contributed by atoms with van der Waals surface area (Å²) in [4.78, 5) is 0. The van der Waals surface area contributed by atoms with E-state index >= 15 is 0 Å².